The SMILES string of the molecule is CC1=CC=C(OCN)CC1. The van der Waals surface area contributed by atoms with Crippen molar-refractivity contribution in [3.8, 4) is 0 Å². The summed E-state index contributed by atoms with van der Waals surface area (Å²) in [5, 5.41) is 0. The summed E-state index contributed by atoms with van der Waals surface area (Å²) in [7, 11) is 0. The zero-order valence-electron chi connectivity index (χ0n) is 6.26. The van der Waals surface area contributed by atoms with Gasteiger partial charge in [-0.25, -0.2) is 0 Å². The third kappa shape index (κ3) is 1.88. The van der Waals surface area contributed by atoms with Gasteiger partial charge in [-0.1, -0.05) is 11.6 Å². The van der Waals surface area contributed by atoms with Crippen molar-refractivity contribution in [1.82, 2.24) is 0 Å². The zero-order chi connectivity index (χ0) is 7.40. The molecule has 0 aromatic carbocycles. The van der Waals surface area contributed by atoms with Gasteiger partial charge in [0.05, 0.1) is 5.76 Å². The number of allylic oxidation sites excluding steroid dienone is 4. The van der Waals surface area contributed by atoms with E-state index in [1.807, 2.05) is 6.08 Å². The van der Waals surface area contributed by atoms with Crippen molar-refractivity contribution in [3.63, 3.8) is 0 Å². The highest BCUT2D eigenvalue weighted by Gasteiger charge is 2.01. The molecule has 0 aromatic heterocycles. The standard InChI is InChI=1S/C8H13NO/c1-7-2-4-8(5-3-7)10-6-9/h2,4H,3,5-6,9H2,1H3. The maximum Gasteiger partial charge on any atom is 0.136 e. The summed E-state index contributed by atoms with van der Waals surface area (Å²) in [4.78, 5) is 0. The van der Waals surface area contributed by atoms with E-state index in [4.69, 9.17) is 10.5 Å². The zero-order valence-corrected chi connectivity index (χ0v) is 6.26. The van der Waals surface area contributed by atoms with Crippen LogP contribution < -0.4 is 5.73 Å². The molecule has 0 aliphatic heterocycles. The lowest BCUT2D eigenvalue weighted by Gasteiger charge is -2.11. The molecule has 2 nitrogen and oxygen atoms in total. The molecule has 2 N–H and O–H groups in total. The Morgan fingerprint density at radius 2 is 2.30 bits per heavy atom. The molecule has 2 heteroatoms. The fourth-order valence-corrected chi connectivity index (χ4v) is 0.950. The molecular formula is C8H13NO. The van der Waals surface area contributed by atoms with Crippen LogP contribution in [0.1, 0.15) is 19.8 Å². The van der Waals surface area contributed by atoms with Gasteiger partial charge in [0.2, 0.25) is 0 Å². The molecule has 1 rings (SSSR count). The lowest BCUT2D eigenvalue weighted by atomic mass is 10.1. The van der Waals surface area contributed by atoms with Crippen LogP contribution in [0.3, 0.4) is 0 Å². The molecule has 0 spiro atoms. The van der Waals surface area contributed by atoms with Crippen LogP contribution in [-0.2, 0) is 4.74 Å². The molecule has 0 aromatic rings. The Balaban J connectivity index is 2.47. The van der Waals surface area contributed by atoms with E-state index < -0.39 is 0 Å². The van der Waals surface area contributed by atoms with E-state index in [1.54, 1.807) is 0 Å². The first kappa shape index (κ1) is 7.35. The van der Waals surface area contributed by atoms with E-state index in [1.165, 1.54) is 5.57 Å². The van der Waals surface area contributed by atoms with E-state index in [0.717, 1.165) is 18.6 Å². The van der Waals surface area contributed by atoms with Gasteiger partial charge in [0.25, 0.3) is 0 Å². The molecule has 0 radical (unpaired) electrons. The Hall–Kier alpha value is -0.760. The maximum absolute atomic E-state index is 5.21. The number of hydrogen-bond acceptors (Lipinski definition) is 2. The molecule has 0 heterocycles. The molecule has 1 aliphatic rings. The number of nitrogens with two attached hydrogens (primary N) is 1. The predicted octanol–water partition coefficient (Wildman–Crippen LogP) is 1.54. The summed E-state index contributed by atoms with van der Waals surface area (Å²) in [5.74, 6) is 1.01. The molecule has 0 amide bonds. The minimum atomic E-state index is 0.290. The summed E-state index contributed by atoms with van der Waals surface area (Å²) in [6.45, 7) is 2.41. The Morgan fingerprint density at radius 3 is 2.80 bits per heavy atom. The van der Waals surface area contributed by atoms with Crippen molar-refractivity contribution in [3.05, 3.63) is 23.5 Å². The van der Waals surface area contributed by atoms with Gasteiger partial charge in [-0.3, -0.25) is 5.73 Å². The monoisotopic (exact) mass is 139 g/mol. The van der Waals surface area contributed by atoms with Crippen molar-refractivity contribution in [1.29, 1.82) is 0 Å². The van der Waals surface area contributed by atoms with Crippen molar-refractivity contribution in [2.45, 2.75) is 19.8 Å². The van der Waals surface area contributed by atoms with Crippen LogP contribution >= 0.6 is 0 Å². The van der Waals surface area contributed by atoms with Gasteiger partial charge >= 0.3 is 0 Å². The third-order valence-electron chi connectivity index (χ3n) is 1.59. The molecule has 1 aliphatic carbocycles. The second-order valence-electron chi connectivity index (χ2n) is 2.46. The molecule has 10 heavy (non-hydrogen) atoms. The molecular weight excluding hydrogens is 126 g/mol. The Kier molecular flexibility index (Phi) is 2.51. The summed E-state index contributed by atoms with van der Waals surface area (Å²) in [6.07, 6.45) is 6.17. The van der Waals surface area contributed by atoms with Gasteiger partial charge in [0.1, 0.15) is 6.73 Å². The number of hydrogen-bond donors (Lipinski definition) is 1. The van der Waals surface area contributed by atoms with Gasteiger partial charge in [0, 0.05) is 6.42 Å². The van der Waals surface area contributed by atoms with Crippen LogP contribution in [-0.4, -0.2) is 6.73 Å². The van der Waals surface area contributed by atoms with E-state index in [2.05, 4.69) is 13.0 Å². The van der Waals surface area contributed by atoms with Crippen LogP contribution in [0.5, 0.6) is 0 Å². The highest BCUT2D eigenvalue weighted by Crippen LogP contribution is 2.17. The first-order valence-electron chi connectivity index (χ1n) is 3.52. The molecule has 0 bridgehead atoms. The smallest absolute Gasteiger partial charge is 0.136 e. The Bertz CT molecular complexity index is 166. The van der Waals surface area contributed by atoms with Crippen LogP contribution in [0.4, 0.5) is 0 Å². The van der Waals surface area contributed by atoms with Crippen molar-refractivity contribution in [2.75, 3.05) is 6.73 Å². The summed E-state index contributed by atoms with van der Waals surface area (Å²) in [5.41, 5.74) is 6.62. The minimum absolute atomic E-state index is 0.290. The van der Waals surface area contributed by atoms with E-state index in [-0.39, 0.29) is 0 Å². The molecule has 0 saturated carbocycles. The quantitative estimate of drug-likeness (QED) is 0.589. The fourth-order valence-electron chi connectivity index (χ4n) is 0.950. The van der Waals surface area contributed by atoms with E-state index >= 15 is 0 Å². The molecule has 0 fully saturated rings. The molecule has 0 saturated heterocycles. The Morgan fingerprint density at radius 1 is 1.50 bits per heavy atom. The van der Waals surface area contributed by atoms with Crippen LogP contribution in [0.2, 0.25) is 0 Å². The first-order chi connectivity index (χ1) is 4.83. The molecule has 56 valence electrons. The maximum atomic E-state index is 5.21. The summed E-state index contributed by atoms with van der Waals surface area (Å²) < 4.78 is 5.13. The highest BCUT2D eigenvalue weighted by molar-refractivity contribution is 5.19. The largest absolute Gasteiger partial charge is 0.483 e. The topological polar surface area (TPSA) is 35.2 Å². The fraction of sp³-hybridized carbons (Fsp3) is 0.500. The summed E-state index contributed by atoms with van der Waals surface area (Å²) >= 11 is 0. The second kappa shape index (κ2) is 3.42. The van der Waals surface area contributed by atoms with Crippen LogP contribution in [0.15, 0.2) is 23.5 Å². The number of rotatable bonds is 2. The van der Waals surface area contributed by atoms with Crippen LogP contribution in [0.25, 0.3) is 0 Å². The van der Waals surface area contributed by atoms with Crippen molar-refractivity contribution in [2.24, 2.45) is 5.73 Å². The minimum Gasteiger partial charge on any atom is -0.483 e. The van der Waals surface area contributed by atoms with E-state index in [9.17, 15) is 0 Å². The second-order valence-corrected chi connectivity index (χ2v) is 2.46. The lowest BCUT2D eigenvalue weighted by Crippen LogP contribution is -2.05. The predicted molar refractivity (Wildman–Crippen MR) is 41.2 cm³/mol. The highest BCUT2D eigenvalue weighted by atomic mass is 16.5. The number of ether oxygens (including phenoxy) is 1. The van der Waals surface area contributed by atoms with Gasteiger partial charge in [0.15, 0.2) is 0 Å². The van der Waals surface area contributed by atoms with Gasteiger partial charge < -0.3 is 4.74 Å². The van der Waals surface area contributed by atoms with E-state index in [0.29, 0.717) is 6.73 Å². The molecule has 0 unspecified atom stereocenters. The van der Waals surface area contributed by atoms with Gasteiger partial charge in [-0.15, -0.1) is 0 Å². The average Bonchev–Trinajstić information content (AvgIpc) is 1.95. The third-order valence-corrected chi connectivity index (χ3v) is 1.59. The molecule has 0 atom stereocenters. The van der Waals surface area contributed by atoms with Gasteiger partial charge in [-0.2, -0.15) is 0 Å². The first-order valence-corrected chi connectivity index (χ1v) is 3.52. The van der Waals surface area contributed by atoms with Crippen molar-refractivity contribution >= 4 is 0 Å². The van der Waals surface area contributed by atoms with Crippen molar-refractivity contribution < 1.29 is 4.74 Å². The Labute approximate surface area is 61.4 Å². The lowest BCUT2D eigenvalue weighted by molar-refractivity contribution is 0.209. The normalized spacial score (nSPS) is 17.8. The van der Waals surface area contributed by atoms with Crippen LogP contribution in [0, 0.1) is 0 Å². The average molecular weight is 139 g/mol. The summed E-state index contributed by atoms with van der Waals surface area (Å²) in [6, 6.07) is 0. The van der Waals surface area contributed by atoms with Gasteiger partial charge in [-0.05, 0) is 19.4 Å².